The number of carbonyl (C=O) groups excluding carboxylic acids is 2. The molecule has 0 saturated heterocycles. The first kappa shape index (κ1) is 18.5. The molecule has 0 radical (unpaired) electrons. The lowest BCUT2D eigenvalue weighted by Gasteiger charge is -2.20. The van der Waals surface area contributed by atoms with Crippen molar-refractivity contribution in [2.24, 2.45) is 0 Å². The molecule has 126 valence electrons. The summed E-state index contributed by atoms with van der Waals surface area (Å²) in [5, 5.41) is 0. The first-order chi connectivity index (χ1) is 10.7. The second-order valence-electron chi connectivity index (χ2n) is 5.63. The van der Waals surface area contributed by atoms with Crippen molar-refractivity contribution in [3.05, 3.63) is 29.3 Å². The zero-order valence-electron chi connectivity index (χ0n) is 14.3. The Balaban J connectivity index is 3.36. The minimum Gasteiger partial charge on any atom is -0.493 e. The van der Waals surface area contributed by atoms with Gasteiger partial charge in [0.15, 0.2) is 11.5 Å². The van der Waals surface area contributed by atoms with Gasteiger partial charge in [-0.25, -0.2) is 9.59 Å². The molecule has 6 nitrogen and oxygen atoms in total. The molecule has 0 fully saturated rings. The molecule has 1 aromatic rings. The standard InChI is InChI=1S/C17H22O6/c1-17(2,3)23-16(19)12(15(18)22-6)10-11-8-7-9-13(20-4)14(11)21-5/h7-10H,1-6H3. The van der Waals surface area contributed by atoms with Crippen molar-refractivity contribution < 1.29 is 28.5 Å². The normalized spacial score (nSPS) is 11.7. The predicted octanol–water partition coefficient (Wildman–Crippen LogP) is 2.60. The molecule has 23 heavy (non-hydrogen) atoms. The third kappa shape index (κ3) is 5.02. The maximum Gasteiger partial charge on any atom is 0.346 e. The van der Waals surface area contributed by atoms with Crippen LogP contribution in [0.2, 0.25) is 0 Å². The van der Waals surface area contributed by atoms with E-state index >= 15 is 0 Å². The third-order valence-corrected chi connectivity index (χ3v) is 2.76. The molecule has 0 saturated carbocycles. The van der Waals surface area contributed by atoms with Crippen molar-refractivity contribution in [2.75, 3.05) is 21.3 Å². The maximum atomic E-state index is 12.3. The van der Waals surface area contributed by atoms with Crippen LogP contribution >= 0.6 is 0 Å². The number of methoxy groups -OCH3 is 3. The van der Waals surface area contributed by atoms with Crippen molar-refractivity contribution in [1.29, 1.82) is 0 Å². The highest BCUT2D eigenvalue weighted by molar-refractivity contribution is 6.18. The number of para-hydroxylation sites is 1. The van der Waals surface area contributed by atoms with Crippen LogP contribution in [0.1, 0.15) is 26.3 Å². The van der Waals surface area contributed by atoms with Crippen LogP contribution in [0, 0.1) is 0 Å². The first-order valence-electron chi connectivity index (χ1n) is 6.97. The third-order valence-electron chi connectivity index (χ3n) is 2.76. The van der Waals surface area contributed by atoms with Crippen LogP contribution in [0.15, 0.2) is 23.8 Å². The summed E-state index contributed by atoms with van der Waals surface area (Å²) in [5.74, 6) is -0.673. The molecular weight excluding hydrogens is 300 g/mol. The molecule has 0 heterocycles. The van der Waals surface area contributed by atoms with Gasteiger partial charge >= 0.3 is 11.9 Å². The molecular formula is C17H22O6. The Hall–Kier alpha value is -2.50. The summed E-state index contributed by atoms with van der Waals surface area (Å²) in [7, 11) is 4.17. The average Bonchev–Trinajstić information content (AvgIpc) is 2.49. The molecule has 0 spiro atoms. The molecule has 0 bridgehead atoms. The second kappa shape index (κ2) is 7.67. The van der Waals surface area contributed by atoms with E-state index in [1.807, 2.05) is 0 Å². The number of carbonyl (C=O) groups is 2. The molecule has 1 aromatic carbocycles. The van der Waals surface area contributed by atoms with Gasteiger partial charge in [0.05, 0.1) is 21.3 Å². The van der Waals surface area contributed by atoms with E-state index in [2.05, 4.69) is 4.74 Å². The summed E-state index contributed by atoms with van der Waals surface area (Å²) >= 11 is 0. The number of rotatable bonds is 5. The Morgan fingerprint density at radius 2 is 1.65 bits per heavy atom. The van der Waals surface area contributed by atoms with Gasteiger partial charge in [-0.3, -0.25) is 0 Å². The fourth-order valence-electron chi connectivity index (χ4n) is 1.83. The van der Waals surface area contributed by atoms with Gasteiger partial charge in [-0.1, -0.05) is 12.1 Å². The molecule has 1 rings (SSSR count). The van der Waals surface area contributed by atoms with Gasteiger partial charge in [-0.2, -0.15) is 0 Å². The number of hydrogen-bond donors (Lipinski definition) is 0. The fraction of sp³-hybridized carbons (Fsp3) is 0.412. The molecule has 0 atom stereocenters. The zero-order chi connectivity index (χ0) is 17.6. The lowest BCUT2D eigenvalue weighted by atomic mass is 10.1. The van der Waals surface area contributed by atoms with E-state index in [0.29, 0.717) is 17.1 Å². The van der Waals surface area contributed by atoms with E-state index < -0.39 is 17.5 Å². The van der Waals surface area contributed by atoms with E-state index in [1.54, 1.807) is 39.0 Å². The van der Waals surface area contributed by atoms with Crippen molar-refractivity contribution in [3.63, 3.8) is 0 Å². The lowest BCUT2D eigenvalue weighted by Crippen LogP contribution is -2.27. The highest BCUT2D eigenvalue weighted by Gasteiger charge is 2.26. The molecule has 0 aliphatic heterocycles. The van der Waals surface area contributed by atoms with Crippen LogP contribution in [0.25, 0.3) is 6.08 Å². The smallest absolute Gasteiger partial charge is 0.346 e. The van der Waals surface area contributed by atoms with Crippen molar-refractivity contribution in [3.8, 4) is 11.5 Å². The molecule has 0 aromatic heterocycles. The Morgan fingerprint density at radius 3 is 2.13 bits per heavy atom. The molecule has 0 aliphatic carbocycles. The Bertz CT molecular complexity index is 610. The van der Waals surface area contributed by atoms with E-state index in [0.717, 1.165) is 0 Å². The van der Waals surface area contributed by atoms with Crippen LogP contribution < -0.4 is 9.47 Å². The van der Waals surface area contributed by atoms with Gasteiger partial charge < -0.3 is 18.9 Å². The van der Waals surface area contributed by atoms with Crippen molar-refractivity contribution >= 4 is 18.0 Å². The minimum absolute atomic E-state index is 0.228. The quantitative estimate of drug-likeness (QED) is 0.359. The van der Waals surface area contributed by atoms with Gasteiger partial charge in [-0.15, -0.1) is 0 Å². The van der Waals surface area contributed by atoms with E-state index in [9.17, 15) is 9.59 Å². The van der Waals surface area contributed by atoms with Gasteiger partial charge in [0.1, 0.15) is 11.2 Å². The van der Waals surface area contributed by atoms with Crippen LogP contribution in [0.4, 0.5) is 0 Å². The Kier molecular flexibility index (Phi) is 6.18. The summed E-state index contributed by atoms with van der Waals surface area (Å²) in [6, 6.07) is 5.12. The number of esters is 2. The highest BCUT2D eigenvalue weighted by Crippen LogP contribution is 2.32. The van der Waals surface area contributed by atoms with Crippen molar-refractivity contribution in [2.45, 2.75) is 26.4 Å². The van der Waals surface area contributed by atoms with Crippen LogP contribution in [0.5, 0.6) is 11.5 Å². The predicted molar refractivity (Wildman–Crippen MR) is 85.4 cm³/mol. The maximum absolute atomic E-state index is 12.3. The van der Waals surface area contributed by atoms with Gasteiger partial charge in [0.25, 0.3) is 0 Å². The van der Waals surface area contributed by atoms with Crippen LogP contribution in [-0.4, -0.2) is 38.9 Å². The van der Waals surface area contributed by atoms with Gasteiger partial charge in [-0.05, 0) is 32.9 Å². The van der Waals surface area contributed by atoms with E-state index in [-0.39, 0.29) is 5.57 Å². The topological polar surface area (TPSA) is 71.1 Å². The van der Waals surface area contributed by atoms with Crippen LogP contribution in [0.3, 0.4) is 0 Å². The van der Waals surface area contributed by atoms with Crippen LogP contribution in [-0.2, 0) is 19.1 Å². The van der Waals surface area contributed by atoms with E-state index in [4.69, 9.17) is 14.2 Å². The second-order valence-corrected chi connectivity index (χ2v) is 5.63. The minimum atomic E-state index is -0.788. The van der Waals surface area contributed by atoms with Gasteiger partial charge in [0, 0.05) is 5.56 Å². The molecule has 0 unspecified atom stereocenters. The Labute approximate surface area is 136 Å². The molecule has 0 aliphatic rings. The SMILES string of the molecule is COC(=O)C(=Cc1cccc(OC)c1OC)C(=O)OC(C)(C)C. The first-order valence-corrected chi connectivity index (χ1v) is 6.97. The lowest BCUT2D eigenvalue weighted by molar-refractivity contribution is -0.153. The number of benzene rings is 1. The molecule has 6 heteroatoms. The van der Waals surface area contributed by atoms with Crippen molar-refractivity contribution in [1.82, 2.24) is 0 Å². The number of ether oxygens (including phenoxy) is 4. The molecule has 0 N–H and O–H groups in total. The fourth-order valence-corrected chi connectivity index (χ4v) is 1.83. The monoisotopic (exact) mass is 322 g/mol. The summed E-state index contributed by atoms with van der Waals surface area (Å²) < 4.78 is 20.4. The molecule has 0 amide bonds. The Morgan fingerprint density at radius 1 is 1.00 bits per heavy atom. The zero-order valence-corrected chi connectivity index (χ0v) is 14.3. The van der Waals surface area contributed by atoms with E-state index in [1.165, 1.54) is 27.4 Å². The average molecular weight is 322 g/mol. The highest BCUT2D eigenvalue weighted by atomic mass is 16.6. The van der Waals surface area contributed by atoms with Gasteiger partial charge in [0.2, 0.25) is 0 Å². The summed E-state index contributed by atoms with van der Waals surface area (Å²) in [6.07, 6.45) is 1.36. The largest absolute Gasteiger partial charge is 0.493 e. The summed E-state index contributed by atoms with van der Waals surface area (Å²) in [4.78, 5) is 24.2. The number of hydrogen-bond acceptors (Lipinski definition) is 6. The summed E-state index contributed by atoms with van der Waals surface area (Å²) in [5.41, 5.74) is -0.463. The summed E-state index contributed by atoms with van der Waals surface area (Å²) in [6.45, 7) is 5.14.